The molecule has 3 aromatic carbocycles. The average Bonchev–Trinajstić information content (AvgIpc) is 2.49. The van der Waals surface area contributed by atoms with Gasteiger partial charge < -0.3 is 0 Å². The summed E-state index contributed by atoms with van der Waals surface area (Å²) in [5.74, 6) is -0.257. The van der Waals surface area contributed by atoms with Crippen LogP contribution in [-0.2, 0) is 0 Å². The monoisotopic (exact) mass is 298 g/mol. The lowest BCUT2D eigenvalue weighted by Gasteiger charge is -2.17. The Labute approximate surface area is 129 Å². The van der Waals surface area contributed by atoms with Crippen molar-refractivity contribution in [3.8, 4) is 0 Å². The Morgan fingerprint density at radius 2 is 1.71 bits per heavy atom. The highest BCUT2D eigenvalue weighted by atomic mass is 35.5. The van der Waals surface area contributed by atoms with E-state index in [9.17, 15) is 4.39 Å². The Kier molecular flexibility index (Phi) is 3.69. The van der Waals surface area contributed by atoms with Gasteiger partial charge in [-0.15, -0.1) is 11.6 Å². The Hall–Kier alpha value is -1.86. The van der Waals surface area contributed by atoms with Crippen LogP contribution in [0.3, 0.4) is 0 Å². The van der Waals surface area contributed by atoms with Crippen LogP contribution in [0.25, 0.3) is 10.8 Å². The summed E-state index contributed by atoms with van der Waals surface area (Å²) in [7, 11) is 0. The Bertz CT molecular complexity index is 808. The Balaban J connectivity index is 2.24. The number of aryl methyl sites for hydroxylation is 2. The minimum absolute atomic E-state index is 0.257. The van der Waals surface area contributed by atoms with Crippen LogP contribution >= 0.6 is 11.6 Å². The van der Waals surface area contributed by atoms with Crippen molar-refractivity contribution in [3.63, 3.8) is 0 Å². The molecule has 0 aliphatic heterocycles. The Morgan fingerprint density at radius 3 is 2.52 bits per heavy atom. The summed E-state index contributed by atoms with van der Waals surface area (Å²) in [6.07, 6.45) is 0. The van der Waals surface area contributed by atoms with Gasteiger partial charge in [-0.3, -0.25) is 0 Å². The zero-order valence-corrected chi connectivity index (χ0v) is 12.8. The van der Waals surface area contributed by atoms with Crippen molar-refractivity contribution in [3.05, 3.63) is 82.7 Å². The van der Waals surface area contributed by atoms with Gasteiger partial charge in [0.2, 0.25) is 0 Å². The minimum atomic E-state index is -0.490. The fraction of sp³-hybridized carbons (Fsp3) is 0.158. The molecule has 0 saturated carbocycles. The average molecular weight is 299 g/mol. The lowest BCUT2D eigenvalue weighted by molar-refractivity contribution is 0.612. The second-order valence-electron chi connectivity index (χ2n) is 5.40. The van der Waals surface area contributed by atoms with Gasteiger partial charge in [0.15, 0.2) is 0 Å². The third kappa shape index (κ3) is 2.54. The summed E-state index contributed by atoms with van der Waals surface area (Å²) >= 11 is 6.65. The third-order valence-corrected chi connectivity index (χ3v) is 4.32. The van der Waals surface area contributed by atoms with E-state index in [1.54, 1.807) is 6.07 Å². The van der Waals surface area contributed by atoms with Crippen LogP contribution < -0.4 is 0 Å². The highest BCUT2D eigenvalue weighted by Crippen LogP contribution is 2.37. The van der Waals surface area contributed by atoms with E-state index >= 15 is 0 Å². The maximum absolute atomic E-state index is 14.2. The number of rotatable bonds is 2. The van der Waals surface area contributed by atoms with Crippen molar-refractivity contribution in [1.82, 2.24) is 0 Å². The number of fused-ring (bicyclic) bond motifs is 1. The standard InChI is InChI=1S/C19H16ClF/c1-12-7-10-17(21)16(11-12)19(20)18-13(2)8-9-14-5-3-4-6-15(14)18/h3-11,19H,1-2H3. The van der Waals surface area contributed by atoms with Gasteiger partial charge in [-0.05, 0) is 41.8 Å². The molecule has 0 bridgehead atoms. The molecule has 0 aliphatic carbocycles. The van der Waals surface area contributed by atoms with E-state index in [-0.39, 0.29) is 5.82 Å². The van der Waals surface area contributed by atoms with Crippen LogP contribution in [0.4, 0.5) is 4.39 Å². The van der Waals surface area contributed by atoms with Crippen molar-refractivity contribution in [2.24, 2.45) is 0 Å². The normalized spacial score (nSPS) is 12.6. The number of hydrogen-bond donors (Lipinski definition) is 0. The molecule has 3 rings (SSSR count). The van der Waals surface area contributed by atoms with E-state index in [2.05, 4.69) is 12.1 Å². The zero-order valence-electron chi connectivity index (χ0n) is 12.0. The first-order valence-electron chi connectivity index (χ1n) is 6.96. The quantitative estimate of drug-likeness (QED) is 0.515. The van der Waals surface area contributed by atoms with Gasteiger partial charge in [0, 0.05) is 5.56 Å². The van der Waals surface area contributed by atoms with Crippen molar-refractivity contribution >= 4 is 22.4 Å². The number of halogens is 2. The molecule has 0 heterocycles. The molecule has 0 fully saturated rings. The van der Waals surface area contributed by atoms with Crippen LogP contribution in [0.1, 0.15) is 27.6 Å². The van der Waals surface area contributed by atoms with Gasteiger partial charge in [-0.2, -0.15) is 0 Å². The molecule has 0 saturated heterocycles. The molecule has 0 nitrogen and oxygen atoms in total. The van der Waals surface area contributed by atoms with Crippen LogP contribution in [0.5, 0.6) is 0 Å². The second kappa shape index (κ2) is 5.50. The highest BCUT2D eigenvalue weighted by Gasteiger charge is 2.19. The predicted molar refractivity (Wildman–Crippen MR) is 87.5 cm³/mol. The fourth-order valence-electron chi connectivity index (χ4n) is 2.75. The van der Waals surface area contributed by atoms with Gasteiger partial charge in [-0.25, -0.2) is 4.39 Å². The molecular weight excluding hydrogens is 283 g/mol. The van der Waals surface area contributed by atoms with Crippen molar-refractivity contribution < 1.29 is 4.39 Å². The third-order valence-electron chi connectivity index (χ3n) is 3.87. The first-order valence-corrected chi connectivity index (χ1v) is 7.40. The summed E-state index contributed by atoms with van der Waals surface area (Å²) < 4.78 is 14.2. The van der Waals surface area contributed by atoms with Crippen molar-refractivity contribution in [2.75, 3.05) is 0 Å². The van der Waals surface area contributed by atoms with Crippen LogP contribution in [-0.4, -0.2) is 0 Å². The molecule has 0 spiro atoms. The highest BCUT2D eigenvalue weighted by molar-refractivity contribution is 6.23. The first kappa shape index (κ1) is 14.1. The first-order chi connectivity index (χ1) is 10.1. The largest absolute Gasteiger partial charge is 0.207 e. The maximum Gasteiger partial charge on any atom is 0.128 e. The topological polar surface area (TPSA) is 0 Å². The van der Waals surface area contributed by atoms with E-state index in [0.717, 1.165) is 27.5 Å². The lowest BCUT2D eigenvalue weighted by Crippen LogP contribution is -2.01. The smallest absolute Gasteiger partial charge is 0.128 e. The molecule has 0 aliphatic rings. The SMILES string of the molecule is Cc1ccc(F)c(C(Cl)c2c(C)ccc3ccccc23)c1. The van der Waals surface area contributed by atoms with E-state index in [1.807, 2.05) is 44.2 Å². The lowest BCUT2D eigenvalue weighted by atomic mass is 9.93. The molecule has 1 unspecified atom stereocenters. The van der Waals surface area contributed by atoms with E-state index in [4.69, 9.17) is 11.6 Å². The second-order valence-corrected chi connectivity index (χ2v) is 5.84. The zero-order chi connectivity index (χ0) is 15.0. The van der Waals surface area contributed by atoms with E-state index < -0.39 is 5.38 Å². The number of benzene rings is 3. The molecular formula is C19H16ClF. The van der Waals surface area contributed by atoms with Gasteiger partial charge in [0.1, 0.15) is 5.82 Å². The summed E-state index contributed by atoms with van der Waals surface area (Å²) in [4.78, 5) is 0. The summed E-state index contributed by atoms with van der Waals surface area (Å²) in [6, 6.07) is 17.3. The molecule has 1 atom stereocenters. The maximum atomic E-state index is 14.2. The summed E-state index contributed by atoms with van der Waals surface area (Å²) in [5, 5.41) is 1.71. The van der Waals surface area contributed by atoms with E-state index in [0.29, 0.717) is 5.56 Å². The van der Waals surface area contributed by atoms with Gasteiger partial charge in [0.05, 0.1) is 5.38 Å². The van der Waals surface area contributed by atoms with Crippen molar-refractivity contribution in [1.29, 1.82) is 0 Å². The fourth-order valence-corrected chi connectivity index (χ4v) is 3.21. The van der Waals surface area contributed by atoms with Crippen LogP contribution in [0.15, 0.2) is 54.6 Å². The summed E-state index contributed by atoms with van der Waals surface area (Å²) in [5.41, 5.74) is 3.61. The van der Waals surface area contributed by atoms with Gasteiger partial charge in [-0.1, -0.05) is 54.1 Å². The predicted octanol–water partition coefficient (Wildman–Crippen LogP) is 5.92. The molecule has 3 aromatic rings. The van der Waals surface area contributed by atoms with Crippen LogP contribution in [0.2, 0.25) is 0 Å². The van der Waals surface area contributed by atoms with Crippen LogP contribution in [0, 0.1) is 19.7 Å². The molecule has 106 valence electrons. The van der Waals surface area contributed by atoms with Gasteiger partial charge >= 0.3 is 0 Å². The minimum Gasteiger partial charge on any atom is -0.207 e. The molecule has 21 heavy (non-hydrogen) atoms. The van der Waals surface area contributed by atoms with Crippen molar-refractivity contribution in [2.45, 2.75) is 19.2 Å². The van der Waals surface area contributed by atoms with Gasteiger partial charge in [0.25, 0.3) is 0 Å². The molecule has 0 amide bonds. The number of alkyl halides is 1. The van der Waals surface area contributed by atoms with E-state index in [1.165, 1.54) is 6.07 Å². The summed E-state index contributed by atoms with van der Waals surface area (Å²) in [6.45, 7) is 3.97. The molecule has 2 heteroatoms. The molecule has 0 radical (unpaired) electrons. The molecule has 0 N–H and O–H groups in total. The number of hydrogen-bond acceptors (Lipinski definition) is 0. The molecule has 0 aromatic heterocycles. The Morgan fingerprint density at radius 1 is 0.952 bits per heavy atom.